The topological polar surface area (TPSA) is 135 Å². The average molecular weight is 466 g/mol. The van der Waals surface area contributed by atoms with Crippen molar-refractivity contribution in [2.45, 2.75) is 31.6 Å². The number of hydrogen-bond acceptors (Lipinski definition) is 6. The van der Waals surface area contributed by atoms with Crippen LogP contribution in [-0.2, 0) is 14.8 Å². The van der Waals surface area contributed by atoms with Gasteiger partial charge in [-0.25, -0.2) is 13.2 Å². The third kappa shape index (κ3) is 5.45. The summed E-state index contributed by atoms with van der Waals surface area (Å²) < 4.78 is 27.5. The number of benzene rings is 1. The van der Waals surface area contributed by atoms with Crippen LogP contribution in [0.4, 0.5) is 0 Å². The maximum atomic E-state index is 13.1. The molecule has 0 saturated carbocycles. The fraction of sp³-hybridized carbons (Fsp3) is 0.571. The van der Waals surface area contributed by atoms with Gasteiger partial charge in [-0.1, -0.05) is 13.8 Å². The van der Waals surface area contributed by atoms with Gasteiger partial charge in [-0.15, -0.1) is 0 Å². The number of carbonyl (C=O) groups is 1. The molecule has 32 heavy (non-hydrogen) atoms. The van der Waals surface area contributed by atoms with Gasteiger partial charge in [-0.05, 0) is 50.6 Å². The molecule has 0 spiro atoms. The standard InChI is InChI=1S/C21H31N5O5S/c1-21(2,13-25(3)4)12-22-18(27)14-7-9-26(10-8-14)32(30,31)15-5-6-17-16(11-15)19(28)24-20(29)23-17/h5-6,11,14H,7-10,12-13H2,1-4H3,(H,22,27)(H2,23,24,28,29). The zero-order valence-corrected chi connectivity index (χ0v) is 19.7. The van der Waals surface area contributed by atoms with Gasteiger partial charge < -0.3 is 15.2 Å². The van der Waals surface area contributed by atoms with E-state index in [4.69, 9.17) is 0 Å². The van der Waals surface area contributed by atoms with Gasteiger partial charge in [0.2, 0.25) is 15.9 Å². The van der Waals surface area contributed by atoms with E-state index >= 15 is 0 Å². The highest BCUT2D eigenvalue weighted by Crippen LogP contribution is 2.25. The second-order valence-electron chi connectivity index (χ2n) is 9.41. The molecular formula is C21H31N5O5S. The first kappa shape index (κ1) is 24.1. The van der Waals surface area contributed by atoms with Gasteiger partial charge in [-0.2, -0.15) is 4.31 Å². The lowest BCUT2D eigenvalue weighted by Gasteiger charge is -2.32. The molecule has 1 aromatic carbocycles. The van der Waals surface area contributed by atoms with Crippen LogP contribution in [0.5, 0.6) is 0 Å². The molecule has 0 radical (unpaired) electrons. The minimum Gasteiger partial charge on any atom is -0.355 e. The molecule has 1 saturated heterocycles. The summed E-state index contributed by atoms with van der Waals surface area (Å²) in [7, 11) is 0.154. The smallest absolute Gasteiger partial charge is 0.326 e. The van der Waals surface area contributed by atoms with Crippen LogP contribution in [0.25, 0.3) is 10.9 Å². The number of nitrogens with one attached hydrogen (secondary N) is 3. The Kier molecular flexibility index (Phi) is 6.91. The van der Waals surface area contributed by atoms with Gasteiger partial charge >= 0.3 is 5.69 Å². The van der Waals surface area contributed by atoms with E-state index in [-0.39, 0.29) is 46.1 Å². The predicted octanol–water partition coefficient (Wildman–Crippen LogP) is 0.321. The van der Waals surface area contributed by atoms with Crippen LogP contribution in [0, 0.1) is 11.3 Å². The summed E-state index contributed by atoms with van der Waals surface area (Å²) in [4.78, 5) is 42.7. The monoisotopic (exact) mass is 465 g/mol. The Labute approximate surface area is 187 Å². The van der Waals surface area contributed by atoms with Crippen molar-refractivity contribution in [1.82, 2.24) is 24.5 Å². The molecule has 1 amide bonds. The van der Waals surface area contributed by atoms with Crippen molar-refractivity contribution < 1.29 is 13.2 Å². The van der Waals surface area contributed by atoms with Gasteiger partial charge in [0.25, 0.3) is 5.56 Å². The van der Waals surface area contributed by atoms with Crippen LogP contribution in [0.3, 0.4) is 0 Å². The molecule has 0 unspecified atom stereocenters. The molecule has 0 atom stereocenters. The number of rotatable bonds is 7. The molecule has 3 rings (SSSR count). The zero-order chi connectivity index (χ0) is 23.7. The average Bonchev–Trinajstić information content (AvgIpc) is 2.71. The molecule has 11 heteroatoms. The van der Waals surface area contributed by atoms with Crippen molar-refractivity contribution in [3.63, 3.8) is 0 Å². The van der Waals surface area contributed by atoms with Crippen LogP contribution in [-0.4, -0.2) is 73.8 Å². The van der Waals surface area contributed by atoms with Gasteiger partial charge in [0.1, 0.15) is 0 Å². The van der Waals surface area contributed by atoms with Crippen LogP contribution in [0.2, 0.25) is 0 Å². The zero-order valence-electron chi connectivity index (χ0n) is 18.9. The van der Waals surface area contributed by atoms with E-state index in [2.05, 4.69) is 34.0 Å². The van der Waals surface area contributed by atoms with E-state index < -0.39 is 21.3 Å². The molecule has 2 aromatic rings. The lowest BCUT2D eigenvalue weighted by atomic mass is 9.91. The summed E-state index contributed by atoms with van der Waals surface area (Å²) >= 11 is 0. The van der Waals surface area contributed by atoms with Crippen LogP contribution in [0.15, 0.2) is 32.7 Å². The number of fused-ring (bicyclic) bond motifs is 1. The number of hydrogen-bond donors (Lipinski definition) is 3. The number of aromatic nitrogens is 2. The first-order chi connectivity index (χ1) is 14.9. The van der Waals surface area contributed by atoms with Crippen molar-refractivity contribution in [2.75, 3.05) is 40.3 Å². The fourth-order valence-corrected chi connectivity index (χ4v) is 5.69. The lowest BCUT2D eigenvalue weighted by Crippen LogP contribution is -2.46. The number of nitrogens with zero attached hydrogens (tertiary/aromatic N) is 2. The number of H-pyrrole nitrogens is 2. The Morgan fingerprint density at radius 3 is 2.47 bits per heavy atom. The van der Waals surface area contributed by atoms with E-state index in [0.717, 1.165) is 6.54 Å². The Hall–Kier alpha value is -2.50. The molecule has 1 aromatic heterocycles. The number of piperidine rings is 1. The van der Waals surface area contributed by atoms with E-state index in [9.17, 15) is 22.8 Å². The number of aromatic amines is 2. The van der Waals surface area contributed by atoms with Crippen molar-refractivity contribution >= 4 is 26.8 Å². The first-order valence-corrected chi connectivity index (χ1v) is 12.0. The molecule has 1 fully saturated rings. The maximum Gasteiger partial charge on any atom is 0.326 e. The molecule has 10 nitrogen and oxygen atoms in total. The SMILES string of the molecule is CN(C)CC(C)(C)CNC(=O)C1CCN(S(=O)(=O)c2ccc3[nH]c(=O)[nH]c(=O)c3c2)CC1. The quantitative estimate of drug-likeness (QED) is 0.539. The highest BCUT2D eigenvalue weighted by Gasteiger charge is 2.33. The summed E-state index contributed by atoms with van der Waals surface area (Å²) in [6.07, 6.45) is 0.862. The van der Waals surface area contributed by atoms with E-state index in [1.54, 1.807) is 0 Å². The van der Waals surface area contributed by atoms with Crippen molar-refractivity contribution in [3.8, 4) is 0 Å². The summed E-state index contributed by atoms with van der Waals surface area (Å²) in [5, 5.41) is 3.11. The second kappa shape index (κ2) is 9.16. The van der Waals surface area contributed by atoms with Crippen LogP contribution >= 0.6 is 0 Å². The molecule has 0 bridgehead atoms. The third-order valence-corrected chi connectivity index (χ3v) is 7.55. The van der Waals surface area contributed by atoms with Crippen molar-refractivity contribution in [1.29, 1.82) is 0 Å². The van der Waals surface area contributed by atoms with Crippen LogP contribution in [0.1, 0.15) is 26.7 Å². The molecule has 2 heterocycles. The minimum atomic E-state index is -3.83. The van der Waals surface area contributed by atoms with Gasteiger partial charge in [-0.3, -0.25) is 14.6 Å². The van der Waals surface area contributed by atoms with Crippen molar-refractivity contribution in [3.05, 3.63) is 39.0 Å². The molecule has 3 N–H and O–H groups in total. The Balaban J connectivity index is 1.65. The lowest BCUT2D eigenvalue weighted by molar-refractivity contribution is -0.126. The fourth-order valence-electron chi connectivity index (χ4n) is 4.19. The molecule has 1 aliphatic heterocycles. The van der Waals surface area contributed by atoms with Gasteiger partial charge in [0.05, 0.1) is 15.8 Å². The van der Waals surface area contributed by atoms with Crippen LogP contribution < -0.4 is 16.6 Å². The summed E-state index contributed by atoms with van der Waals surface area (Å²) in [6, 6.07) is 4.05. The maximum absolute atomic E-state index is 13.1. The van der Waals surface area contributed by atoms with Gasteiger partial charge in [0, 0.05) is 32.1 Å². The Morgan fingerprint density at radius 1 is 1.19 bits per heavy atom. The number of sulfonamides is 1. The van der Waals surface area contributed by atoms with E-state index in [0.29, 0.717) is 19.4 Å². The predicted molar refractivity (Wildman–Crippen MR) is 122 cm³/mol. The number of amides is 1. The molecule has 176 valence electrons. The highest BCUT2D eigenvalue weighted by atomic mass is 32.2. The Bertz CT molecular complexity index is 1210. The largest absolute Gasteiger partial charge is 0.355 e. The van der Waals surface area contributed by atoms with Crippen molar-refractivity contribution in [2.24, 2.45) is 11.3 Å². The first-order valence-electron chi connectivity index (χ1n) is 10.6. The summed E-state index contributed by atoms with van der Waals surface area (Å²) in [5.74, 6) is -0.281. The summed E-state index contributed by atoms with van der Waals surface area (Å²) in [6.45, 7) is 6.02. The van der Waals surface area contributed by atoms with E-state index in [1.807, 2.05) is 14.1 Å². The van der Waals surface area contributed by atoms with E-state index in [1.165, 1.54) is 22.5 Å². The Morgan fingerprint density at radius 2 is 1.84 bits per heavy atom. The number of carbonyl (C=O) groups excluding carboxylic acids is 1. The normalized spacial score (nSPS) is 16.5. The molecule has 1 aliphatic rings. The van der Waals surface area contributed by atoms with Gasteiger partial charge in [0.15, 0.2) is 0 Å². The second-order valence-corrected chi connectivity index (χ2v) is 11.4. The molecule has 0 aliphatic carbocycles. The summed E-state index contributed by atoms with van der Waals surface area (Å²) in [5.41, 5.74) is -1.09. The minimum absolute atomic E-state index is 0.0177. The molecular weight excluding hydrogens is 434 g/mol. The third-order valence-electron chi connectivity index (χ3n) is 5.66. The highest BCUT2D eigenvalue weighted by molar-refractivity contribution is 7.89.